The molecule has 4 rings (SSSR count). The molecule has 0 N–H and O–H groups in total. The number of nitro benzene ring substituents is 2. The molecule has 2 aromatic rings. The number of benzene rings is 2. The molecule has 0 aromatic heterocycles. The normalized spacial score (nSPS) is 14.8. The minimum absolute atomic E-state index is 0.0989. The van der Waals surface area contributed by atoms with Gasteiger partial charge in [-0.25, -0.2) is 0 Å². The van der Waals surface area contributed by atoms with E-state index in [1.807, 2.05) is 23.6 Å². The quantitative estimate of drug-likeness (QED) is 0.614. The van der Waals surface area contributed by atoms with Crippen LogP contribution in [-0.4, -0.2) is 16.5 Å². The second-order valence-corrected chi connectivity index (χ2v) is 6.51. The smallest absolute Gasteiger partial charge is 0.276 e. The van der Waals surface area contributed by atoms with Gasteiger partial charge in [0.2, 0.25) is 0 Å². The van der Waals surface area contributed by atoms with Crippen LogP contribution in [0.15, 0.2) is 24.3 Å². The van der Waals surface area contributed by atoms with Crippen LogP contribution in [0.3, 0.4) is 0 Å². The lowest BCUT2D eigenvalue weighted by Crippen LogP contribution is -2.47. The van der Waals surface area contributed by atoms with Crippen molar-refractivity contribution in [2.45, 2.75) is 26.9 Å². The standard InChI is InChI=1S/C17H16N4O4/c1-10-3-5-14(20(22)23)12-7-19-9-18(16(10)12)8-13-15(21(24)25)6-4-11(2)17(13)19/h3-6H,7-9H2,1-2H3. The molecule has 2 aliphatic rings. The Morgan fingerprint density at radius 2 is 1.20 bits per heavy atom. The van der Waals surface area contributed by atoms with Crippen LogP contribution in [0.5, 0.6) is 0 Å². The molecule has 2 aromatic carbocycles. The lowest BCUT2D eigenvalue weighted by atomic mass is 9.95. The zero-order valence-corrected chi connectivity index (χ0v) is 13.9. The van der Waals surface area contributed by atoms with Crippen LogP contribution in [0.4, 0.5) is 22.7 Å². The highest BCUT2D eigenvalue weighted by Crippen LogP contribution is 2.46. The summed E-state index contributed by atoms with van der Waals surface area (Å²) in [6.45, 7) is 5.15. The summed E-state index contributed by atoms with van der Waals surface area (Å²) in [6.07, 6.45) is 0. The van der Waals surface area contributed by atoms with Gasteiger partial charge >= 0.3 is 0 Å². The van der Waals surface area contributed by atoms with Crippen molar-refractivity contribution in [2.24, 2.45) is 0 Å². The molecule has 2 heterocycles. The van der Waals surface area contributed by atoms with E-state index in [1.54, 1.807) is 24.3 Å². The fourth-order valence-electron chi connectivity index (χ4n) is 4.01. The summed E-state index contributed by atoms with van der Waals surface area (Å²) in [6, 6.07) is 6.57. The number of nitrogens with zero attached hydrogens (tertiary/aromatic N) is 4. The first-order valence-electron chi connectivity index (χ1n) is 7.92. The van der Waals surface area contributed by atoms with Gasteiger partial charge in [-0.1, -0.05) is 12.1 Å². The number of hydrogen-bond acceptors (Lipinski definition) is 6. The zero-order chi connectivity index (χ0) is 17.9. The SMILES string of the molecule is Cc1ccc([N+](=O)[O-])c2c1N1Cc3c([N+](=O)[O-])ccc(C)c3N(C2)C1. The van der Waals surface area contributed by atoms with Crippen molar-refractivity contribution in [3.63, 3.8) is 0 Å². The average Bonchev–Trinajstić information content (AvgIpc) is 2.54. The van der Waals surface area contributed by atoms with Crippen LogP contribution < -0.4 is 9.80 Å². The van der Waals surface area contributed by atoms with Crippen molar-refractivity contribution in [2.75, 3.05) is 16.5 Å². The molecule has 2 bridgehead atoms. The van der Waals surface area contributed by atoms with E-state index in [0.717, 1.165) is 22.5 Å². The van der Waals surface area contributed by atoms with Gasteiger partial charge in [-0.2, -0.15) is 0 Å². The highest BCUT2D eigenvalue weighted by atomic mass is 16.6. The Morgan fingerprint density at radius 1 is 0.800 bits per heavy atom. The van der Waals surface area contributed by atoms with Crippen LogP contribution in [0, 0.1) is 34.1 Å². The minimum atomic E-state index is -0.358. The van der Waals surface area contributed by atoms with Crippen LogP contribution in [0.2, 0.25) is 0 Å². The number of fused-ring (bicyclic) bond motifs is 6. The Balaban J connectivity index is 1.93. The molecule has 0 fully saturated rings. The fourth-order valence-corrected chi connectivity index (χ4v) is 4.01. The maximum atomic E-state index is 11.4. The Kier molecular flexibility index (Phi) is 3.18. The van der Waals surface area contributed by atoms with Crippen LogP contribution >= 0.6 is 0 Å². The molecule has 0 unspecified atom stereocenters. The largest absolute Gasteiger partial charge is 0.348 e. The topological polar surface area (TPSA) is 92.8 Å². The molecule has 128 valence electrons. The number of hydrogen-bond donors (Lipinski definition) is 0. The van der Waals surface area contributed by atoms with E-state index in [1.165, 1.54) is 0 Å². The number of rotatable bonds is 2. The van der Waals surface area contributed by atoms with Crippen molar-refractivity contribution in [3.8, 4) is 0 Å². The molecule has 8 heteroatoms. The van der Waals surface area contributed by atoms with Crippen molar-refractivity contribution in [1.82, 2.24) is 0 Å². The summed E-state index contributed by atoms with van der Waals surface area (Å²) < 4.78 is 0. The Bertz CT molecular complexity index is 865. The lowest BCUT2D eigenvalue weighted by Gasteiger charge is -2.45. The van der Waals surface area contributed by atoms with Gasteiger partial charge in [-0.15, -0.1) is 0 Å². The van der Waals surface area contributed by atoms with Crippen LogP contribution in [0.1, 0.15) is 22.3 Å². The van der Waals surface area contributed by atoms with E-state index in [2.05, 4.69) is 0 Å². The summed E-state index contributed by atoms with van der Waals surface area (Å²) in [4.78, 5) is 26.2. The van der Waals surface area contributed by atoms with Crippen LogP contribution in [-0.2, 0) is 13.1 Å². The summed E-state index contributed by atoms with van der Waals surface area (Å²) in [7, 11) is 0. The zero-order valence-electron chi connectivity index (χ0n) is 13.9. The maximum Gasteiger partial charge on any atom is 0.276 e. The molecule has 8 nitrogen and oxygen atoms in total. The van der Waals surface area contributed by atoms with Gasteiger partial charge in [0.25, 0.3) is 11.4 Å². The molecule has 2 aliphatic heterocycles. The third-order valence-electron chi connectivity index (χ3n) is 4.98. The van der Waals surface area contributed by atoms with Crippen molar-refractivity contribution in [1.29, 1.82) is 0 Å². The minimum Gasteiger partial charge on any atom is -0.348 e. The molecular formula is C17H16N4O4. The monoisotopic (exact) mass is 340 g/mol. The first-order valence-corrected chi connectivity index (χ1v) is 7.92. The number of anilines is 2. The van der Waals surface area contributed by atoms with E-state index in [9.17, 15) is 20.2 Å². The third kappa shape index (κ3) is 2.14. The molecule has 0 saturated carbocycles. The molecule has 0 radical (unpaired) electrons. The molecular weight excluding hydrogens is 324 g/mol. The molecule has 0 spiro atoms. The molecule has 0 atom stereocenters. The Hall–Kier alpha value is -3.16. The second-order valence-electron chi connectivity index (χ2n) is 6.51. The summed E-state index contributed by atoms with van der Waals surface area (Å²) >= 11 is 0. The van der Waals surface area contributed by atoms with E-state index in [4.69, 9.17) is 0 Å². The lowest BCUT2D eigenvalue weighted by molar-refractivity contribution is -0.385. The Morgan fingerprint density at radius 3 is 1.56 bits per heavy atom. The predicted octanol–water partition coefficient (Wildman–Crippen LogP) is 3.42. The van der Waals surface area contributed by atoms with E-state index in [-0.39, 0.29) is 21.2 Å². The summed E-state index contributed by atoms with van der Waals surface area (Å²) in [5.41, 5.74) is 5.08. The van der Waals surface area contributed by atoms with Gasteiger partial charge in [-0.05, 0) is 25.0 Å². The van der Waals surface area contributed by atoms with Gasteiger partial charge in [0.1, 0.15) is 0 Å². The first kappa shape index (κ1) is 15.4. The number of nitro groups is 2. The van der Waals surface area contributed by atoms with Crippen molar-refractivity contribution in [3.05, 3.63) is 66.7 Å². The molecule has 0 aliphatic carbocycles. The fraction of sp³-hybridized carbons (Fsp3) is 0.294. The molecule has 25 heavy (non-hydrogen) atoms. The highest BCUT2D eigenvalue weighted by Gasteiger charge is 2.37. The number of aryl methyl sites for hydroxylation is 2. The summed E-state index contributed by atoms with van der Waals surface area (Å²) in [5.74, 6) is 0. The van der Waals surface area contributed by atoms with Gasteiger partial charge in [0, 0.05) is 12.1 Å². The van der Waals surface area contributed by atoms with Crippen molar-refractivity contribution < 1.29 is 9.85 Å². The van der Waals surface area contributed by atoms with Gasteiger partial charge in [0.05, 0.1) is 52.1 Å². The predicted molar refractivity (Wildman–Crippen MR) is 92.9 cm³/mol. The van der Waals surface area contributed by atoms with Gasteiger partial charge in [0.15, 0.2) is 0 Å². The van der Waals surface area contributed by atoms with Gasteiger partial charge in [-0.3, -0.25) is 20.2 Å². The second kappa shape index (κ2) is 5.17. The molecule has 0 amide bonds. The van der Waals surface area contributed by atoms with Crippen LogP contribution in [0.25, 0.3) is 0 Å². The summed E-state index contributed by atoms with van der Waals surface area (Å²) in [5, 5.41) is 22.9. The molecule has 0 saturated heterocycles. The average molecular weight is 340 g/mol. The first-order chi connectivity index (χ1) is 11.9. The van der Waals surface area contributed by atoms with E-state index < -0.39 is 0 Å². The van der Waals surface area contributed by atoms with Crippen molar-refractivity contribution >= 4 is 22.7 Å². The maximum absolute atomic E-state index is 11.4. The third-order valence-corrected chi connectivity index (χ3v) is 4.98. The Labute approximate surface area is 143 Å². The van der Waals surface area contributed by atoms with Gasteiger partial charge < -0.3 is 9.80 Å². The van der Waals surface area contributed by atoms with E-state index >= 15 is 0 Å². The highest BCUT2D eigenvalue weighted by molar-refractivity contribution is 5.77. The van der Waals surface area contributed by atoms with E-state index in [0.29, 0.717) is 30.9 Å².